The number of allylic oxidation sites excluding steroid dienone is 6. The van der Waals surface area contributed by atoms with Crippen molar-refractivity contribution in [2.45, 2.75) is 13.2 Å². The summed E-state index contributed by atoms with van der Waals surface area (Å²) in [4.78, 5) is 4.29. The summed E-state index contributed by atoms with van der Waals surface area (Å²) in [6.45, 7) is 2.13. The Kier molecular flexibility index (Phi) is 4.14. The fourth-order valence-corrected chi connectivity index (χ4v) is 2.94. The van der Waals surface area contributed by atoms with Crippen molar-refractivity contribution in [3.8, 4) is 0 Å². The van der Waals surface area contributed by atoms with E-state index in [4.69, 9.17) is 0 Å². The van der Waals surface area contributed by atoms with Crippen LogP contribution in [-0.2, 0) is 7.05 Å². The highest BCUT2D eigenvalue weighted by Gasteiger charge is 2.18. The molecule has 4 rings (SSSR count). The minimum atomic E-state index is -0.949. The number of hydrogen-bond donors (Lipinski definition) is 2. The lowest BCUT2D eigenvalue weighted by molar-refractivity contribution is 0.209. The first kappa shape index (κ1) is 16.3. The summed E-state index contributed by atoms with van der Waals surface area (Å²) >= 11 is 0. The molecule has 0 bridgehead atoms. The SMILES string of the molecule is CC1C=CC=C(c2nn(C)cc2NC(O)c2cnn3cccnc23)C=C1. The van der Waals surface area contributed by atoms with Crippen LogP contribution in [0.25, 0.3) is 11.2 Å². The number of rotatable bonds is 4. The molecular weight excluding hydrogens is 328 g/mol. The maximum absolute atomic E-state index is 10.7. The molecule has 132 valence electrons. The molecule has 0 spiro atoms. The van der Waals surface area contributed by atoms with Crippen molar-refractivity contribution in [1.82, 2.24) is 24.4 Å². The molecular formula is C19H20N6O. The molecule has 3 aromatic rings. The van der Waals surface area contributed by atoms with Gasteiger partial charge in [-0.05, 0) is 12.0 Å². The topological polar surface area (TPSA) is 80.3 Å². The van der Waals surface area contributed by atoms with Crippen molar-refractivity contribution < 1.29 is 5.11 Å². The third-order valence-corrected chi connectivity index (χ3v) is 4.27. The van der Waals surface area contributed by atoms with E-state index >= 15 is 0 Å². The lowest BCUT2D eigenvalue weighted by Gasteiger charge is -2.13. The van der Waals surface area contributed by atoms with Gasteiger partial charge in [0.05, 0.1) is 17.4 Å². The molecule has 0 fully saturated rings. The predicted molar refractivity (Wildman–Crippen MR) is 100 cm³/mol. The van der Waals surface area contributed by atoms with Crippen LogP contribution in [0.3, 0.4) is 0 Å². The highest BCUT2D eigenvalue weighted by Crippen LogP contribution is 2.28. The molecule has 7 nitrogen and oxygen atoms in total. The van der Waals surface area contributed by atoms with Crippen molar-refractivity contribution >= 4 is 16.9 Å². The molecule has 0 aromatic carbocycles. The normalized spacial score (nSPS) is 18.0. The average Bonchev–Trinajstić information content (AvgIpc) is 3.14. The van der Waals surface area contributed by atoms with E-state index in [2.05, 4.69) is 45.6 Å². The van der Waals surface area contributed by atoms with Gasteiger partial charge in [-0.3, -0.25) is 4.68 Å². The maximum Gasteiger partial charge on any atom is 0.162 e. The van der Waals surface area contributed by atoms with Crippen molar-refractivity contribution in [1.29, 1.82) is 0 Å². The van der Waals surface area contributed by atoms with E-state index in [0.29, 0.717) is 17.1 Å². The van der Waals surface area contributed by atoms with Gasteiger partial charge >= 0.3 is 0 Å². The number of nitrogens with one attached hydrogen (secondary N) is 1. The molecule has 1 aliphatic rings. The first-order valence-electron chi connectivity index (χ1n) is 8.45. The molecule has 0 aliphatic heterocycles. The summed E-state index contributed by atoms with van der Waals surface area (Å²) in [7, 11) is 1.86. The molecule has 2 unspecified atom stereocenters. The molecule has 2 N–H and O–H groups in total. The van der Waals surface area contributed by atoms with E-state index in [9.17, 15) is 5.11 Å². The van der Waals surface area contributed by atoms with E-state index in [-0.39, 0.29) is 0 Å². The third-order valence-electron chi connectivity index (χ3n) is 4.27. The number of anilines is 1. The van der Waals surface area contributed by atoms with Gasteiger partial charge < -0.3 is 10.4 Å². The van der Waals surface area contributed by atoms with E-state index in [0.717, 1.165) is 17.0 Å². The quantitative estimate of drug-likeness (QED) is 0.709. The molecule has 0 saturated heterocycles. The van der Waals surface area contributed by atoms with Crippen LogP contribution in [0.1, 0.15) is 24.4 Å². The summed E-state index contributed by atoms with van der Waals surface area (Å²) in [6, 6.07) is 1.79. The van der Waals surface area contributed by atoms with Crippen molar-refractivity contribution in [2.24, 2.45) is 13.0 Å². The van der Waals surface area contributed by atoms with Gasteiger partial charge in [0.2, 0.25) is 0 Å². The smallest absolute Gasteiger partial charge is 0.162 e. The lowest BCUT2D eigenvalue weighted by Crippen LogP contribution is -2.10. The molecule has 26 heavy (non-hydrogen) atoms. The second-order valence-electron chi connectivity index (χ2n) is 6.32. The second-order valence-corrected chi connectivity index (χ2v) is 6.32. The Morgan fingerprint density at radius 2 is 2.19 bits per heavy atom. The number of hydrogen-bond acceptors (Lipinski definition) is 5. The summed E-state index contributed by atoms with van der Waals surface area (Å²) in [5.74, 6) is 0.374. The molecule has 0 radical (unpaired) electrons. The lowest BCUT2D eigenvalue weighted by atomic mass is 10.1. The summed E-state index contributed by atoms with van der Waals surface area (Å²) in [6.07, 6.45) is 16.4. The van der Waals surface area contributed by atoms with Crippen LogP contribution in [-0.4, -0.2) is 29.5 Å². The number of aliphatic hydroxyl groups is 1. The van der Waals surface area contributed by atoms with Crippen LogP contribution in [0.15, 0.2) is 61.2 Å². The molecule has 3 heterocycles. The maximum atomic E-state index is 10.7. The van der Waals surface area contributed by atoms with Crippen LogP contribution in [0.2, 0.25) is 0 Å². The largest absolute Gasteiger partial charge is 0.369 e. The van der Waals surface area contributed by atoms with Gasteiger partial charge in [0.1, 0.15) is 5.69 Å². The molecule has 1 aliphatic carbocycles. The van der Waals surface area contributed by atoms with Gasteiger partial charge in [0.15, 0.2) is 11.9 Å². The highest BCUT2D eigenvalue weighted by molar-refractivity contribution is 5.81. The third kappa shape index (κ3) is 3.04. The van der Waals surface area contributed by atoms with Crippen molar-refractivity contribution in [2.75, 3.05) is 5.32 Å². The van der Waals surface area contributed by atoms with E-state index in [1.807, 2.05) is 25.4 Å². The van der Waals surface area contributed by atoms with Crippen LogP contribution < -0.4 is 5.32 Å². The Hall–Kier alpha value is -3.19. The van der Waals surface area contributed by atoms with Crippen LogP contribution in [0.5, 0.6) is 0 Å². The highest BCUT2D eigenvalue weighted by atomic mass is 16.3. The molecule has 3 aromatic heterocycles. The van der Waals surface area contributed by atoms with Gasteiger partial charge in [-0.2, -0.15) is 10.2 Å². The van der Waals surface area contributed by atoms with Crippen molar-refractivity contribution in [3.63, 3.8) is 0 Å². The van der Waals surface area contributed by atoms with Crippen LogP contribution >= 0.6 is 0 Å². The van der Waals surface area contributed by atoms with Gasteiger partial charge in [-0.25, -0.2) is 9.50 Å². The van der Waals surface area contributed by atoms with E-state index in [1.54, 1.807) is 33.9 Å². The first-order chi connectivity index (χ1) is 12.6. The zero-order chi connectivity index (χ0) is 18.1. The van der Waals surface area contributed by atoms with Crippen molar-refractivity contribution in [3.05, 3.63) is 72.5 Å². The standard InChI is InChI=1S/C19H20N6O/c1-13-5-3-6-14(8-7-13)17-16(12-24(2)23-17)22-19(26)15-11-21-25-10-4-9-20-18(15)25/h3-13,19,22,26H,1-2H3. The zero-order valence-electron chi connectivity index (χ0n) is 14.6. The van der Waals surface area contributed by atoms with Gasteiger partial charge in [0.25, 0.3) is 0 Å². The first-order valence-corrected chi connectivity index (χ1v) is 8.45. The monoisotopic (exact) mass is 348 g/mol. The average molecular weight is 348 g/mol. The van der Waals surface area contributed by atoms with Gasteiger partial charge in [-0.1, -0.05) is 37.3 Å². The summed E-state index contributed by atoms with van der Waals surface area (Å²) in [5.41, 5.74) is 3.74. The zero-order valence-corrected chi connectivity index (χ0v) is 14.6. The predicted octanol–water partition coefficient (Wildman–Crippen LogP) is 2.71. The van der Waals surface area contributed by atoms with Crippen LogP contribution in [0, 0.1) is 5.92 Å². The Morgan fingerprint density at radius 1 is 1.31 bits per heavy atom. The fraction of sp³-hybridized carbons (Fsp3) is 0.211. The van der Waals surface area contributed by atoms with E-state index < -0.39 is 6.23 Å². The Bertz CT molecular complexity index is 1030. The molecule has 0 amide bonds. The minimum Gasteiger partial charge on any atom is -0.369 e. The fourth-order valence-electron chi connectivity index (χ4n) is 2.94. The minimum absolute atomic E-state index is 0.374. The molecule has 2 atom stereocenters. The Morgan fingerprint density at radius 3 is 3.08 bits per heavy atom. The number of fused-ring (bicyclic) bond motifs is 1. The summed E-state index contributed by atoms with van der Waals surface area (Å²) in [5, 5.41) is 22.6. The number of aromatic nitrogens is 5. The summed E-state index contributed by atoms with van der Waals surface area (Å²) < 4.78 is 3.36. The Balaban J connectivity index is 1.66. The second kappa shape index (κ2) is 6.61. The number of aryl methyl sites for hydroxylation is 1. The number of aliphatic hydroxyl groups excluding tert-OH is 1. The van der Waals surface area contributed by atoms with Gasteiger partial charge in [0, 0.05) is 31.2 Å². The number of nitrogens with zero attached hydrogens (tertiary/aromatic N) is 5. The van der Waals surface area contributed by atoms with Gasteiger partial charge in [-0.15, -0.1) is 0 Å². The molecule has 7 heteroatoms. The Labute approximate surface area is 151 Å². The molecule has 0 saturated carbocycles. The van der Waals surface area contributed by atoms with Crippen LogP contribution in [0.4, 0.5) is 5.69 Å². The van der Waals surface area contributed by atoms with E-state index in [1.165, 1.54) is 0 Å².